The first-order valence-corrected chi connectivity index (χ1v) is 4.32. The van der Waals surface area contributed by atoms with Gasteiger partial charge in [0, 0.05) is 11.1 Å². The summed E-state index contributed by atoms with van der Waals surface area (Å²) in [7, 11) is 0. The molecule has 15 heavy (non-hydrogen) atoms. The van der Waals surface area contributed by atoms with Crippen LogP contribution in [0, 0.1) is 0 Å². The fraction of sp³-hybridized carbons (Fsp3) is 0.333. The van der Waals surface area contributed by atoms with Crippen molar-refractivity contribution in [1.29, 1.82) is 0 Å². The van der Waals surface area contributed by atoms with Crippen LogP contribution in [0.3, 0.4) is 0 Å². The zero-order chi connectivity index (χ0) is 10.9. The Morgan fingerprint density at radius 1 is 1.27 bits per heavy atom. The highest BCUT2D eigenvalue weighted by molar-refractivity contribution is 6.30. The smallest absolute Gasteiger partial charge is 0.324 e. The molecule has 0 fully saturated rings. The predicted octanol–water partition coefficient (Wildman–Crippen LogP) is 3.80. The van der Waals surface area contributed by atoms with E-state index < -0.39 is 17.8 Å². The molecule has 1 atom stereocenters. The summed E-state index contributed by atoms with van der Waals surface area (Å²) >= 11 is 5.54. The van der Waals surface area contributed by atoms with Crippen molar-refractivity contribution in [3.05, 3.63) is 34.3 Å². The Balaban J connectivity index is 0.00000196. The number of hydrogen-bond acceptors (Lipinski definition) is 1. The molecule has 1 rings (SSSR count). The number of nitrogens with two attached hydrogens (primary N) is 1. The minimum Gasteiger partial charge on any atom is -0.324 e. The maximum atomic E-state index is 12.3. The molecule has 2 N–H and O–H groups in total. The van der Waals surface area contributed by atoms with Gasteiger partial charge in [0.15, 0.2) is 0 Å². The van der Waals surface area contributed by atoms with Gasteiger partial charge in [0.1, 0.15) is 0 Å². The Morgan fingerprint density at radius 3 is 2.20 bits per heavy atom. The van der Waals surface area contributed by atoms with Gasteiger partial charge >= 0.3 is 6.18 Å². The van der Waals surface area contributed by atoms with Crippen LogP contribution < -0.4 is 5.73 Å². The lowest BCUT2D eigenvalue weighted by molar-refractivity contribution is -0.137. The van der Waals surface area contributed by atoms with Crippen molar-refractivity contribution in [1.82, 2.24) is 0 Å². The van der Waals surface area contributed by atoms with Crippen LogP contribution >= 0.6 is 24.0 Å². The quantitative estimate of drug-likeness (QED) is 0.816. The zero-order valence-electron chi connectivity index (χ0n) is 7.81. The third-order valence-electron chi connectivity index (χ3n) is 1.77. The van der Waals surface area contributed by atoms with Crippen molar-refractivity contribution in [3.8, 4) is 0 Å². The van der Waals surface area contributed by atoms with E-state index >= 15 is 0 Å². The first kappa shape index (κ1) is 14.6. The van der Waals surface area contributed by atoms with Crippen LogP contribution in [0.1, 0.15) is 24.1 Å². The van der Waals surface area contributed by atoms with Crippen LogP contribution in [0.2, 0.25) is 5.02 Å². The van der Waals surface area contributed by atoms with E-state index in [-0.39, 0.29) is 17.4 Å². The summed E-state index contributed by atoms with van der Waals surface area (Å²) in [6.07, 6.45) is -4.38. The summed E-state index contributed by atoms with van der Waals surface area (Å²) in [5.41, 5.74) is 5.08. The van der Waals surface area contributed by atoms with E-state index in [1.807, 2.05) is 0 Å². The Kier molecular flexibility index (Phi) is 4.90. The largest absolute Gasteiger partial charge is 0.416 e. The first-order chi connectivity index (χ1) is 6.30. The van der Waals surface area contributed by atoms with Gasteiger partial charge in [0.25, 0.3) is 0 Å². The van der Waals surface area contributed by atoms with Crippen molar-refractivity contribution in [2.24, 2.45) is 5.73 Å². The van der Waals surface area contributed by atoms with Crippen LogP contribution in [0.4, 0.5) is 13.2 Å². The molecule has 0 aromatic heterocycles. The molecule has 1 aromatic carbocycles. The molecule has 0 radical (unpaired) electrons. The molecule has 1 aromatic rings. The normalized spacial score (nSPS) is 13.2. The molecular weight excluding hydrogens is 250 g/mol. The van der Waals surface area contributed by atoms with E-state index in [1.54, 1.807) is 6.92 Å². The zero-order valence-corrected chi connectivity index (χ0v) is 9.38. The molecule has 0 amide bonds. The molecule has 1 nitrogen and oxygen atoms in total. The monoisotopic (exact) mass is 259 g/mol. The highest BCUT2D eigenvalue weighted by Gasteiger charge is 2.31. The molecular formula is C9H10Cl2F3N. The summed E-state index contributed by atoms with van der Waals surface area (Å²) in [6, 6.07) is 2.86. The molecule has 0 saturated carbocycles. The van der Waals surface area contributed by atoms with Gasteiger partial charge in [-0.15, -0.1) is 12.4 Å². The molecule has 0 bridgehead atoms. The summed E-state index contributed by atoms with van der Waals surface area (Å²) in [6.45, 7) is 1.60. The van der Waals surface area contributed by atoms with Gasteiger partial charge in [-0.1, -0.05) is 11.6 Å². The number of alkyl halides is 3. The third-order valence-corrected chi connectivity index (χ3v) is 1.99. The molecule has 0 unspecified atom stereocenters. The maximum Gasteiger partial charge on any atom is 0.416 e. The van der Waals surface area contributed by atoms with Crippen LogP contribution in [0.5, 0.6) is 0 Å². The van der Waals surface area contributed by atoms with Gasteiger partial charge in [0.05, 0.1) is 5.56 Å². The van der Waals surface area contributed by atoms with Crippen molar-refractivity contribution >= 4 is 24.0 Å². The third kappa shape index (κ3) is 3.89. The topological polar surface area (TPSA) is 26.0 Å². The molecule has 0 saturated heterocycles. The number of benzene rings is 1. The minimum absolute atomic E-state index is 0. The van der Waals surface area contributed by atoms with E-state index in [0.29, 0.717) is 5.56 Å². The van der Waals surface area contributed by atoms with Crippen LogP contribution in [-0.2, 0) is 6.18 Å². The van der Waals surface area contributed by atoms with Gasteiger partial charge in [-0.3, -0.25) is 0 Å². The average Bonchev–Trinajstić information content (AvgIpc) is 2.01. The molecule has 0 aliphatic rings. The second-order valence-corrected chi connectivity index (χ2v) is 3.50. The van der Waals surface area contributed by atoms with Crippen molar-refractivity contribution in [2.45, 2.75) is 19.1 Å². The lowest BCUT2D eigenvalue weighted by Crippen LogP contribution is -2.09. The molecule has 86 valence electrons. The second kappa shape index (κ2) is 5.05. The number of hydrogen-bond donors (Lipinski definition) is 1. The standard InChI is InChI=1S/C9H9ClF3N.ClH/c1-5(14)6-2-7(9(11,12)13)4-8(10)3-6;/h2-5H,14H2,1H3;1H/t5-;/m1./s1. The van der Waals surface area contributed by atoms with E-state index in [1.165, 1.54) is 6.07 Å². The highest BCUT2D eigenvalue weighted by Crippen LogP contribution is 2.32. The number of halogens is 5. The first-order valence-electron chi connectivity index (χ1n) is 3.94. The number of rotatable bonds is 1. The van der Waals surface area contributed by atoms with Gasteiger partial charge < -0.3 is 5.73 Å². The Morgan fingerprint density at radius 2 is 1.80 bits per heavy atom. The van der Waals surface area contributed by atoms with Gasteiger partial charge in [-0.25, -0.2) is 0 Å². The molecule has 0 heterocycles. The van der Waals surface area contributed by atoms with Gasteiger partial charge in [-0.2, -0.15) is 13.2 Å². The Bertz CT molecular complexity index is 337. The van der Waals surface area contributed by atoms with Crippen molar-refractivity contribution < 1.29 is 13.2 Å². The summed E-state index contributed by atoms with van der Waals surface area (Å²) in [4.78, 5) is 0. The summed E-state index contributed by atoms with van der Waals surface area (Å²) in [5, 5.41) is 0.0483. The van der Waals surface area contributed by atoms with Crippen molar-refractivity contribution in [2.75, 3.05) is 0 Å². The van der Waals surface area contributed by atoms with Crippen molar-refractivity contribution in [3.63, 3.8) is 0 Å². The summed E-state index contributed by atoms with van der Waals surface area (Å²) in [5.74, 6) is 0. The van der Waals surface area contributed by atoms with Gasteiger partial charge in [-0.05, 0) is 30.7 Å². The second-order valence-electron chi connectivity index (χ2n) is 3.06. The lowest BCUT2D eigenvalue weighted by atomic mass is 10.1. The SMILES string of the molecule is C[C@@H](N)c1cc(Cl)cc(C(F)(F)F)c1.Cl. The van der Waals surface area contributed by atoms with Gasteiger partial charge in [0.2, 0.25) is 0 Å². The average molecular weight is 260 g/mol. The highest BCUT2D eigenvalue weighted by atomic mass is 35.5. The Hall–Kier alpha value is -0.450. The van der Waals surface area contributed by atoms with E-state index in [2.05, 4.69) is 0 Å². The van der Waals surface area contributed by atoms with E-state index in [4.69, 9.17) is 17.3 Å². The Labute approximate surface area is 96.8 Å². The fourth-order valence-electron chi connectivity index (χ4n) is 1.04. The van der Waals surface area contributed by atoms with Crippen LogP contribution in [0.15, 0.2) is 18.2 Å². The predicted molar refractivity (Wildman–Crippen MR) is 56.3 cm³/mol. The lowest BCUT2D eigenvalue weighted by Gasteiger charge is -2.11. The maximum absolute atomic E-state index is 12.3. The van der Waals surface area contributed by atoms with Crippen LogP contribution in [-0.4, -0.2) is 0 Å². The minimum atomic E-state index is -4.38. The molecule has 6 heteroatoms. The fourth-order valence-corrected chi connectivity index (χ4v) is 1.28. The van der Waals surface area contributed by atoms with Crippen LogP contribution in [0.25, 0.3) is 0 Å². The molecule has 0 spiro atoms. The molecule has 0 aliphatic heterocycles. The van der Waals surface area contributed by atoms with E-state index in [0.717, 1.165) is 12.1 Å². The summed E-state index contributed by atoms with van der Waals surface area (Å²) < 4.78 is 36.9. The van der Waals surface area contributed by atoms with E-state index in [9.17, 15) is 13.2 Å². The molecule has 0 aliphatic carbocycles.